The van der Waals surface area contributed by atoms with Gasteiger partial charge in [0.1, 0.15) is 22.9 Å². The molecular formula is C50H50F2N10O5. The molecule has 4 aliphatic rings. The Morgan fingerprint density at radius 1 is 0.940 bits per heavy atom. The average molecular weight is 909 g/mol. The Labute approximate surface area is 382 Å². The van der Waals surface area contributed by atoms with Crippen molar-refractivity contribution >= 4 is 27.7 Å². The van der Waals surface area contributed by atoms with E-state index in [1.54, 1.807) is 60.7 Å². The third-order valence-corrected chi connectivity index (χ3v) is 15.3. The van der Waals surface area contributed by atoms with E-state index in [0.29, 0.717) is 77.5 Å². The van der Waals surface area contributed by atoms with Crippen LogP contribution in [0.1, 0.15) is 116 Å². The van der Waals surface area contributed by atoms with Crippen molar-refractivity contribution in [3.05, 3.63) is 139 Å². The molecule has 15 nitrogen and oxygen atoms in total. The number of carbonyl (C=O) groups excluding carboxylic acids is 1. The van der Waals surface area contributed by atoms with Gasteiger partial charge in [-0.2, -0.15) is 10.2 Å². The zero-order valence-electron chi connectivity index (χ0n) is 38.1. The van der Waals surface area contributed by atoms with Crippen LogP contribution in [0.15, 0.2) is 81.2 Å². The molecule has 1 aliphatic carbocycles. The fourth-order valence-corrected chi connectivity index (χ4v) is 12.0. The predicted molar refractivity (Wildman–Crippen MR) is 244 cm³/mol. The molecule has 8 aromatic rings. The Morgan fingerprint density at radius 3 is 2.45 bits per heavy atom. The zero-order chi connectivity index (χ0) is 46.4. The number of H-pyrrole nitrogens is 1. The number of imidazole rings is 1. The number of rotatable bonds is 8. The molecule has 2 bridgehead atoms. The van der Waals surface area contributed by atoms with Gasteiger partial charge in [-0.05, 0) is 131 Å². The summed E-state index contributed by atoms with van der Waals surface area (Å²) in [6.07, 6.45) is 9.41. The second-order valence-corrected chi connectivity index (χ2v) is 19.7. The fourth-order valence-electron chi connectivity index (χ4n) is 12.0. The molecule has 1 N–H and O–H groups in total. The first-order valence-electron chi connectivity index (χ1n) is 23.2. The summed E-state index contributed by atoms with van der Waals surface area (Å²) in [6, 6.07) is 14.4. The van der Waals surface area contributed by atoms with Gasteiger partial charge in [-0.3, -0.25) is 28.1 Å². The van der Waals surface area contributed by atoms with Gasteiger partial charge in [-0.25, -0.2) is 23.1 Å². The first kappa shape index (κ1) is 41.5. The highest BCUT2D eigenvalue weighted by molar-refractivity contribution is 6.00. The number of aromatic amines is 1. The van der Waals surface area contributed by atoms with Crippen molar-refractivity contribution in [1.82, 2.24) is 48.3 Å². The van der Waals surface area contributed by atoms with Crippen molar-refractivity contribution in [3.8, 4) is 17.2 Å². The fraction of sp³-hybridized carbons (Fsp3) is 0.400. The number of halogens is 2. The first-order chi connectivity index (χ1) is 32.2. The molecule has 0 spiro atoms. The number of fused-ring (bicyclic) bond motifs is 6. The van der Waals surface area contributed by atoms with Crippen LogP contribution in [-0.2, 0) is 23.7 Å². The van der Waals surface area contributed by atoms with Gasteiger partial charge in [0.2, 0.25) is 0 Å². The normalized spacial score (nSPS) is 23.1. The largest absolute Gasteiger partial charge is 0.438 e. The molecule has 67 heavy (non-hydrogen) atoms. The van der Waals surface area contributed by atoms with Crippen molar-refractivity contribution in [1.29, 1.82) is 0 Å². The van der Waals surface area contributed by atoms with Crippen LogP contribution in [0, 0.1) is 31.4 Å². The van der Waals surface area contributed by atoms with Gasteiger partial charge in [0, 0.05) is 55.0 Å². The summed E-state index contributed by atoms with van der Waals surface area (Å²) in [5, 5.41) is 14.8. The van der Waals surface area contributed by atoms with Crippen LogP contribution >= 0.6 is 0 Å². The van der Waals surface area contributed by atoms with Gasteiger partial charge in [0.15, 0.2) is 11.6 Å². The predicted octanol–water partition coefficient (Wildman–Crippen LogP) is 7.97. The average Bonchev–Trinajstić information content (AvgIpc) is 3.97. The lowest BCUT2D eigenvalue weighted by Gasteiger charge is -2.36. The zero-order valence-corrected chi connectivity index (χ0v) is 38.1. The lowest BCUT2D eigenvalue weighted by atomic mass is 9.83. The van der Waals surface area contributed by atoms with E-state index in [0.717, 1.165) is 35.9 Å². The molecular weight excluding hydrogens is 859 g/mol. The first-order valence-corrected chi connectivity index (χ1v) is 23.2. The lowest BCUT2D eigenvalue weighted by molar-refractivity contribution is -0.0592. The molecule has 5 atom stereocenters. The number of ether oxygens (including phenoxy) is 1. The molecule has 3 aromatic carbocycles. The lowest BCUT2D eigenvalue weighted by Crippen LogP contribution is -2.43. The van der Waals surface area contributed by atoms with E-state index in [9.17, 15) is 9.59 Å². The minimum atomic E-state index is -0.839. The molecule has 3 aliphatic heterocycles. The second kappa shape index (κ2) is 14.6. The Balaban J connectivity index is 1.02. The highest BCUT2D eigenvalue weighted by atomic mass is 19.1. The molecule has 2 saturated heterocycles. The summed E-state index contributed by atoms with van der Waals surface area (Å²) >= 11 is 0. The van der Waals surface area contributed by atoms with Gasteiger partial charge in [0.25, 0.3) is 5.91 Å². The number of hydrogen-bond acceptors (Lipinski definition) is 8. The van der Waals surface area contributed by atoms with Gasteiger partial charge in [0.05, 0.1) is 45.8 Å². The summed E-state index contributed by atoms with van der Waals surface area (Å²) in [5.41, 5.74) is 4.27. The van der Waals surface area contributed by atoms with Gasteiger partial charge in [-0.1, -0.05) is 24.6 Å². The molecule has 3 fully saturated rings. The standard InChI is InChI=1S/C50H50F2N10O5/c1-7-31-24-50(31,46-54-47(64)67-56-46)61-36-10-8-28(29-14-17-66-49(4,5)23-29)20-30(36)21-40(61)45(63)60-32-9-11-38(60)41-35(22-32)55-62(33-18-26(2)42(51)27(3)19-33)44(41)59-16-15-58(48(59)65)39-13-12-37-34(43(39)52)25-53-57(37)6/h8,10,12-13,15-16,18-21,25,29,31-32,38H,7,9,11,14,17,22-24H2,1-6H3,(H,54,56,64)/t29-,31+,32+,38-,50+/m0/s1. The van der Waals surface area contributed by atoms with Crippen LogP contribution in [0.5, 0.6) is 0 Å². The summed E-state index contributed by atoms with van der Waals surface area (Å²) in [7, 11) is 1.73. The number of benzene rings is 3. The summed E-state index contributed by atoms with van der Waals surface area (Å²) < 4.78 is 50.7. The van der Waals surface area contributed by atoms with Crippen LogP contribution in [0.25, 0.3) is 39.0 Å². The molecule has 1 amide bonds. The highest BCUT2D eigenvalue weighted by Gasteiger charge is 2.61. The summed E-state index contributed by atoms with van der Waals surface area (Å²) in [4.78, 5) is 48.1. The maximum atomic E-state index is 16.2. The Kier molecular flexibility index (Phi) is 9.03. The number of nitrogens with one attached hydrogen (secondary N) is 1. The molecule has 0 unspecified atom stereocenters. The molecule has 5 aromatic heterocycles. The van der Waals surface area contributed by atoms with E-state index in [1.807, 2.05) is 11.0 Å². The number of aromatic nitrogens is 9. The van der Waals surface area contributed by atoms with Crippen molar-refractivity contribution in [2.45, 2.75) is 109 Å². The van der Waals surface area contributed by atoms with Crippen LogP contribution in [0.2, 0.25) is 0 Å². The van der Waals surface area contributed by atoms with Crippen molar-refractivity contribution in [3.63, 3.8) is 0 Å². The molecule has 344 valence electrons. The molecule has 12 rings (SSSR count). The molecule has 0 radical (unpaired) electrons. The minimum Gasteiger partial charge on any atom is -0.376 e. The van der Waals surface area contributed by atoms with Gasteiger partial charge >= 0.3 is 11.4 Å². The number of carbonyl (C=O) groups is 1. The Hall–Kier alpha value is -6.88. The van der Waals surface area contributed by atoms with Crippen molar-refractivity contribution in [2.75, 3.05) is 6.61 Å². The van der Waals surface area contributed by atoms with E-state index in [1.165, 1.54) is 27.1 Å². The number of aryl methyl sites for hydroxylation is 3. The Morgan fingerprint density at radius 2 is 1.72 bits per heavy atom. The van der Waals surface area contributed by atoms with Crippen LogP contribution in [-0.4, -0.2) is 72.5 Å². The van der Waals surface area contributed by atoms with Crippen LogP contribution in [0.3, 0.4) is 0 Å². The molecule has 8 heterocycles. The maximum Gasteiger partial charge on any atom is 0.438 e. The topological polar surface area (TPSA) is 156 Å². The quantitative estimate of drug-likeness (QED) is 0.161. The third-order valence-electron chi connectivity index (χ3n) is 15.3. The van der Waals surface area contributed by atoms with E-state index in [4.69, 9.17) is 14.4 Å². The van der Waals surface area contributed by atoms with Crippen LogP contribution in [0.4, 0.5) is 8.78 Å². The maximum absolute atomic E-state index is 16.2. The third kappa shape index (κ3) is 6.08. The summed E-state index contributed by atoms with van der Waals surface area (Å²) in [6.45, 7) is 10.4. The number of amides is 1. The van der Waals surface area contributed by atoms with Crippen LogP contribution < -0.4 is 11.4 Å². The van der Waals surface area contributed by atoms with E-state index >= 15 is 13.6 Å². The SMILES string of the molecule is CC[C@@H]1C[C@@]1(c1noc(=O)[nH]1)n1c(C(=O)N2[C@@H]3CC[C@H]2c2c(nn(-c4cc(C)c(F)c(C)c4)c2-n2ccn(-c4ccc5c(cnn5C)c4F)c2=O)C3)cc2cc([C@H]3CCOC(C)(C)C3)ccc21. The Bertz CT molecular complexity index is 3470. The van der Waals surface area contributed by atoms with E-state index < -0.39 is 28.8 Å². The molecule has 17 heteroatoms. The highest BCUT2D eigenvalue weighted by Crippen LogP contribution is 2.58. The van der Waals surface area contributed by atoms with Gasteiger partial charge < -0.3 is 14.2 Å². The molecule has 1 saturated carbocycles. The van der Waals surface area contributed by atoms with Crippen molar-refractivity contribution in [2.24, 2.45) is 13.0 Å². The number of hydrogen-bond donors (Lipinski definition) is 1. The number of nitrogens with zero attached hydrogens (tertiary/aromatic N) is 9. The van der Waals surface area contributed by atoms with Gasteiger partial charge in [-0.15, -0.1) is 0 Å². The van der Waals surface area contributed by atoms with Crippen molar-refractivity contribution < 1.29 is 22.8 Å². The monoisotopic (exact) mass is 908 g/mol. The smallest absolute Gasteiger partial charge is 0.376 e. The minimum absolute atomic E-state index is 0.0553. The summed E-state index contributed by atoms with van der Waals surface area (Å²) in [5.74, 6) is -0.678. The van der Waals surface area contributed by atoms with E-state index in [-0.39, 0.29) is 46.3 Å². The van der Waals surface area contributed by atoms with E-state index in [2.05, 4.69) is 58.8 Å². The second-order valence-electron chi connectivity index (χ2n) is 19.7.